The molecule has 1 N–H and O–H groups in total. The second-order valence-corrected chi connectivity index (χ2v) is 11.2. The Morgan fingerprint density at radius 1 is 0.844 bits per heavy atom. The van der Waals surface area contributed by atoms with Gasteiger partial charge in [-0.05, 0) is 70.0 Å². The molecule has 0 aliphatic carbocycles. The van der Waals surface area contributed by atoms with Crippen molar-refractivity contribution in [3.8, 4) is 0 Å². The lowest BCUT2D eigenvalue weighted by atomic mass is 9.77. The number of aliphatic hydroxyl groups is 1. The van der Waals surface area contributed by atoms with Crippen molar-refractivity contribution in [1.29, 1.82) is 0 Å². The molecule has 4 nitrogen and oxygen atoms in total. The summed E-state index contributed by atoms with van der Waals surface area (Å²) in [6, 6.07) is 20.1. The first-order chi connectivity index (χ1) is 15.1. The van der Waals surface area contributed by atoms with E-state index in [1.54, 1.807) is 0 Å². The number of benzene rings is 2. The second-order valence-electron chi connectivity index (χ2n) is 11.2. The Balaban J connectivity index is 1.23. The number of piperidine rings is 1. The van der Waals surface area contributed by atoms with Crippen LogP contribution in [0.5, 0.6) is 0 Å². The Hall–Kier alpha value is -1.66. The third-order valence-corrected chi connectivity index (χ3v) is 8.25. The molecule has 0 aromatic heterocycles. The van der Waals surface area contributed by atoms with Gasteiger partial charge in [0.25, 0.3) is 0 Å². The van der Waals surface area contributed by atoms with Gasteiger partial charge < -0.3 is 14.4 Å². The summed E-state index contributed by atoms with van der Waals surface area (Å²) in [6.45, 7) is 9.31. The number of nitrogens with zero attached hydrogens (tertiary/aromatic N) is 1. The third kappa shape index (κ3) is 4.16. The van der Waals surface area contributed by atoms with Crippen LogP contribution >= 0.6 is 0 Å². The van der Waals surface area contributed by atoms with Crippen molar-refractivity contribution in [3.63, 3.8) is 0 Å². The average Bonchev–Trinajstić information content (AvgIpc) is 3.11. The van der Waals surface area contributed by atoms with Crippen LogP contribution in [0.4, 0.5) is 0 Å². The monoisotopic (exact) mass is 433 g/mol. The number of rotatable bonds is 5. The molecule has 3 aliphatic rings. The van der Waals surface area contributed by atoms with Gasteiger partial charge in [0.2, 0.25) is 0 Å². The molecule has 5 heteroatoms. The predicted octanol–water partition coefficient (Wildman–Crippen LogP) is 4.09. The highest BCUT2D eigenvalue weighted by Crippen LogP contribution is 2.43. The first-order valence-corrected chi connectivity index (χ1v) is 12.1. The van der Waals surface area contributed by atoms with Gasteiger partial charge in [-0.15, -0.1) is 0 Å². The summed E-state index contributed by atoms with van der Waals surface area (Å²) in [5.41, 5.74) is 2.30. The Morgan fingerprint density at radius 2 is 1.41 bits per heavy atom. The minimum absolute atomic E-state index is 0.335. The summed E-state index contributed by atoms with van der Waals surface area (Å²) >= 11 is 0. The maximum absolute atomic E-state index is 11.5. The van der Waals surface area contributed by atoms with Gasteiger partial charge in [0.05, 0.1) is 16.8 Å². The molecule has 32 heavy (non-hydrogen) atoms. The third-order valence-electron chi connectivity index (χ3n) is 8.25. The normalized spacial score (nSPS) is 31.2. The number of hydrogen-bond acceptors (Lipinski definition) is 4. The van der Waals surface area contributed by atoms with E-state index in [1.807, 2.05) is 0 Å². The zero-order chi connectivity index (χ0) is 22.6. The minimum Gasteiger partial charge on any atom is -0.399 e. The molecule has 3 aliphatic heterocycles. The van der Waals surface area contributed by atoms with Crippen molar-refractivity contribution < 1.29 is 14.4 Å². The van der Waals surface area contributed by atoms with Gasteiger partial charge in [-0.2, -0.15) is 0 Å². The Labute approximate surface area is 193 Å². The Morgan fingerprint density at radius 3 is 1.97 bits per heavy atom. The van der Waals surface area contributed by atoms with Crippen LogP contribution in [0.1, 0.15) is 64.5 Å². The quantitative estimate of drug-likeness (QED) is 0.722. The van der Waals surface area contributed by atoms with E-state index in [0.717, 1.165) is 24.8 Å². The summed E-state index contributed by atoms with van der Waals surface area (Å²) in [4.78, 5) is 2.63. The van der Waals surface area contributed by atoms with Gasteiger partial charge in [-0.3, -0.25) is 4.90 Å². The fraction of sp³-hybridized carbons (Fsp3) is 0.556. The molecule has 3 saturated heterocycles. The summed E-state index contributed by atoms with van der Waals surface area (Å²) < 4.78 is 12.4. The summed E-state index contributed by atoms with van der Waals surface area (Å²) in [5.74, 6) is 0. The predicted molar refractivity (Wildman–Crippen MR) is 129 cm³/mol. The number of fused-ring (bicyclic) bond motifs is 2. The standard InChI is InChI=1S/C27H36BNO3/c1-25(2)26(3,4)32-28(31-25)22-12-10-20(11-13-22)16-27(30)17-23-14-15-24(18-27)29(23)19-21-8-6-5-7-9-21/h5-13,23-24,30H,14-19H2,1-4H3. The van der Waals surface area contributed by atoms with Crippen molar-refractivity contribution in [2.75, 3.05) is 0 Å². The minimum atomic E-state index is -0.620. The highest BCUT2D eigenvalue weighted by atomic mass is 16.7. The van der Waals surface area contributed by atoms with Gasteiger partial charge in [0.1, 0.15) is 0 Å². The molecule has 5 rings (SSSR count). The molecular formula is C27H36BNO3. The molecule has 0 saturated carbocycles. The van der Waals surface area contributed by atoms with E-state index in [0.29, 0.717) is 18.5 Å². The van der Waals surface area contributed by atoms with Crippen LogP contribution in [0.25, 0.3) is 0 Å². The van der Waals surface area contributed by atoms with E-state index in [2.05, 4.69) is 87.2 Å². The van der Waals surface area contributed by atoms with Crippen LogP contribution in [0, 0.1) is 0 Å². The van der Waals surface area contributed by atoms with Crippen molar-refractivity contribution in [1.82, 2.24) is 4.90 Å². The number of hydrogen-bond donors (Lipinski definition) is 1. The summed E-state index contributed by atoms with van der Waals surface area (Å²) in [5, 5.41) is 11.5. The largest absolute Gasteiger partial charge is 0.494 e. The first-order valence-electron chi connectivity index (χ1n) is 12.1. The molecule has 2 aromatic rings. The van der Waals surface area contributed by atoms with Crippen molar-refractivity contribution >= 4 is 12.6 Å². The van der Waals surface area contributed by atoms with Gasteiger partial charge in [0.15, 0.2) is 0 Å². The molecular weight excluding hydrogens is 397 g/mol. The fourth-order valence-corrected chi connectivity index (χ4v) is 5.76. The van der Waals surface area contributed by atoms with E-state index in [4.69, 9.17) is 9.31 Å². The Kier molecular flexibility index (Phi) is 5.53. The van der Waals surface area contributed by atoms with Crippen LogP contribution in [0.2, 0.25) is 0 Å². The molecule has 2 atom stereocenters. The maximum atomic E-state index is 11.5. The lowest BCUT2D eigenvalue weighted by Crippen LogP contribution is -2.51. The highest BCUT2D eigenvalue weighted by Gasteiger charge is 2.52. The molecule has 0 amide bonds. The maximum Gasteiger partial charge on any atom is 0.494 e. The molecule has 2 aromatic carbocycles. The molecule has 3 fully saturated rings. The van der Waals surface area contributed by atoms with Gasteiger partial charge >= 0.3 is 7.12 Å². The molecule has 2 unspecified atom stereocenters. The van der Waals surface area contributed by atoms with E-state index in [1.165, 1.54) is 24.0 Å². The van der Waals surface area contributed by atoms with Crippen LogP contribution in [-0.2, 0) is 22.3 Å². The van der Waals surface area contributed by atoms with E-state index >= 15 is 0 Å². The summed E-state index contributed by atoms with van der Waals surface area (Å²) in [7, 11) is -0.339. The van der Waals surface area contributed by atoms with Crippen LogP contribution in [0.15, 0.2) is 54.6 Å². The SMILES string of the molecule is CC1(C)OB(c2ccc(CC3(O)CC4CCC(C3)N4Cc3ccccc3)cc2)OC1(C)C. The lowest BCUT2D eigenvalue weighted by molar-refractivity contribution is -0.0540. The van der Waals surface area contributed by atoms with Gasteiger partial charge in [-0.1, -0.05) is 54.6 Å². The van der Waals surface area contributed by atoms with Crippen molar-refractivity contribution in [2.24, 2.45) is 0 Å². The van der Waals surface area contributed by atoms with E-state index < -0.39 is 5.60 Å². The molecule has 3 heterocycles. The summed E-state index contributed by atoms with van der Waals surface area (Å²) in [6.07, 6.45) is 4.81. The zero-order valence-electron chi connectivity index (χ0n) is 19.9. The Bertz CT molecular complexity index is 913. The molecule has 2 bridgehead atoms. The average molecular weight is 433 g/mol. The molecule has 0 radical (unpaired) electrons. The molecule has 0 spiro atoms. The second kappa shape index (κ2) is 7.98. The van der Waals surface area contributed by atoms with Crippen LogP contribution in [-0.4, -0.2) is 46.0 Å². The lowest BCUT2D eigenvalue weighted by Gasteiger charge is -2.44. The van der Waals surface area contributed by atoms with E-state index in [-0.39, 0.29) is 18.3 Å². The molecule has 170 valence electrons. The fourth-order valence-electron chi connectivity index (χ4n) is 5.76. The van der Waals surface area contributed by atoms with E-state index in [9.17, 15) is 5.11 Å². The van der Waals surface area contributed by atoms with Gasteiger partial charge in [-0.25, -0.2) is 0 Å². The highest BCUT2D eigenvalue weighted by molar-refractivity contribution is 6.62. The smallest absolute Gasteiger partial charge is 0.399 e. The van der Waals surface area contributed by atoms with Crippen molar-refractivity contribution in [3.05, 3.63) is 65.7 Å². The van der Waals surface area contributed by atoms with Gasteiger partial charge in [0, 0.05) is 25.0 Å². The van der Waals surface area contributed by atoms with Crippen LogP contribution in [0.3, 0.4) is 0 Å². The topological polar surface area (TPSA) is 41.9 Å². The van der Waals surface area contributed by atoms with Crippen molar-refractivity contribution in [2.45, 2.75) is 95.2 Å². The zero-order valence-corrected chi connectivity index (χ0v) is 19.9. The van der Waals surface area contributed by atoms with Crippen LogP contribution < -0.4 is 5.46 Å². The first kappa shape index (κ1) is 22.2.